The lowest BCUT2D eigenvalue weighted by Crippen LogP contribution is -2.47. The third kappa shape index (κ3) is 5.87. The molecule has 1 N–H and O–H groups in total. The van der Waals surface area contributed by atoms with E-state index >= 15 is 0 Å². The van der Waals surface area contributed by atoms with Crippen LogP contribution in [0, 0.1) is 19.7 Å². The molecule has 2 amide bonds. The van der Waals surface area contributed by atoms with E-state index in [4.69, 9.17) is 0 Å². The molecule has 0 aromatic heterocycles. The monoisotopic (exact) mass is 397 g/mol. The van der Waals surface area contributed by atoms with Crippen molar-refractivity contribution in [3.8, 4) is 0 Å². The zero-order chi connectivity index (χ0) is 20.8. The van der Waals surface area contributed by atoms with Crippen LogP contribution in [0.25, 0.3) is 0 Å². The van der Waals surface area contributed by atoms with Gasteiger partial charge in [0.25, 0.3) is 5.91 Å². The molecule has 0 saturated carbocycles. The second-order valence-electron chi connectivity index (χ2n) is 7.61. The molecule has 0 atom stereocenters. The van der Waals surface area contributed by atoms with Crippen molar-refractivity contribution in [1.82, 2.24) is 15.1 Å². The van der Waals surface area contributed by atoms with E-state index in [1.54, 1.807) is 17.0 Å². The number of aryl methyl sites for hydroxylation is 2. The molecule has 1 saturated heterocycles. The lowest BCUT2D eigenvalue weighted by Gasteiger charge is -2.29. The lowest BCUT2D eigenvalue weighted by molar-refractivity contribution is -0.132. The largest absolute Gasteiger partial charge is 0.340 e. The van der Waals surface area contributed by atoms with Crippen LogP contribution in [-0.2, 0) is 11.3 Å². The lowest BCUT2D eigenvalue weighted by atomic mass is 10.1. The van der Waals surface area contributed by atoms with Gasteiger partial charge in [0.15, 0.2) is 0 Å². The third-order valence-corrected chi connectivity index (χ3v) is 5.11. The van der Waals surface area contributed by atoms with Crippen molar-refractivity contribution in [2.45, 2.75) is 26.8 Å². The van der Waals surface area contributed by atoms with E-state index in [2.05, 4.69) is 5.32 Å². The van der Waals surface area contributed by atoms with Crippen LogP contribution in [0.1, 0.15) is 33.5 Å². The summed E-state index contributed by atoms with van der Waals surface area (Å²) in [5.74, 6) is -0.368. The summed E-state index contributed by atoms with van der Waals surface area (Å²) in [5.41, 5.74) is 3.48. The fourth-order valence-corrected chi connectivity index (χ4v) is 3.65. The maximum absolute atomic E-state index is 13.3. The zero-order valence-electron chi connectivity index (χ0n) is 17.1. The van der Waals surface area contributed by atoms with Gasteiger partial charge in [-0.25, -0.2) is 4.39 Å². The highest BCUT2D eigenvalue weighted by atomic mass is 19.1. The molecule has 0 bridgehead atoms. The van der Waals surface area contributed by atoms with Crippen LogP contribution in [0.5, 0.6) is 0 Å². The molecule has 2 aromatic rings. The number of nitrogens with one attached hydrogen (secondary N) is 1. The predicted molar refractivity (Wildman–Crippen MR) is 111 cm³/mol. The molecule has 6 heteroatoms. The minimum Gasteiger partial charge on any atom is -0.340 e. The van der Waals surface area contributed by atoms with Gasteiger partial charge in [0.2, 0.25) is 5.91 Å². The van der Waals surface area contributed by atoms with Crippen LogP contribution in [0.4, 0.5) is 4.39 Å². The van der Waals surface area contributed by atoms with Crippen molar-refractivity contribution in [1.29, 1.82) is 0 Å². The number of benzene rings is 2. The number of amides is 2. The first-order valence-corrected chi connectivity index (χ1v) is 10.0. The molecular weight excluding hydrogens is 369 g/mol. The minimum atomic E-state index is -0.310. The van der Waals surface area contributed by atoms with Gasteiger partial charge in [-0.15, -0.1) is 0 Å². The molecule has 0 spiro atoms. The number of nitrogens with zero attached hydrogens (tertiary/aromatic N) is 2. The molecule has 0 radical (unpaired) electrons. The number of hydrogen-bond acceptors (Lipinski definition) is 3. The number of piperazine rings is 1. The van der Waals surface area contributed by atoms with E-state index in [1.807, 2.05) is 36.9 Å². The molecule has 1 aliphatic rings. The molecular formula is C23H28FN3O2. The zero-order valence-corrected chi connectivity index (χ0v) is 17.1. The van der Waals surface area contributed by atoms with Gasteiger partial charge in [-0.1, -0.05) is 29.3 Å². The molecule has 3 rings (SSSR count). The smallest absolute Gasteiger partial charge is 0.254 e. The number of carbonyl (C=O) groups excluding carboxylic acids is 2. The van der Waals surface area contributed by atoms with E-state index in [1.165, 1.54) is 12.1 Å². The summed E-state index contributed by atoms with van der Waals surface area (Å²) in [7, 11) is 0. The third-order valence-electron chi connectivity index (χ3n) is 5.11. The summed E-state index contributed by atoms with van der Waals surface area (Å²) < 4.78 is 13.3. The van der Waals surface area contributed by atoms with Gasteiger partial charge in [-0.05, 0) is 43.7 Å². The van der Waals surface area contributed by atoms with Crippen LogP contribution >= 0.6 is 0 Å². The van der Waals surface area contributed by atoms with Gasteiger partial charge in [-0.2, -0.15) is 0 Å². The number of carbonyl (C=O) groups is 2. The van der Waals surface area contributed by atoms with E-state index in [-0.39, 0.29) is 24.1 Å². The van der Waals surface area contributed by atoms with Crippen LogP contribution < -0.4 is 5.32 Å². The summed E-state index contributed by atoms with van der Waals surface area (Å²) in [6.07, 6.45) is 0.276. The van der Waals surface area contributed by atoms with Crippen LogP contribution in [0.3, 0.4) is 0 Å². The van der Waals surface area contributed by atoms with Crippen LogP contribution in [0.15, 0.2) is 42.5 Å². The summed E-state index contributed by atoms with van der Waals surface area (Å²) in [6, 6.07) is 11.9. The van der Waals surface area contributed by atoms with Gasteiger partial charge in [0.1, 0.15) is 5.82 Å². The molecule has 0 unspecified atom stereocenters. The minimum absolute atomic E-state index is 0.0591. The molecule has 1 aliphatic heterocycles. The van der Waals surface area contributed by atoms with Crippen LogP contribution in [0.2, 0.25) is 0 Å². The normalized spacial score (nSPS) is 14.0. The quantitative estimate of drug-likeness (QED) is 0.816. The standard InChI is InChI=1S/C23H28FN3O2/c1-17-13-18(2)15-20(14-17)23(29)27(16-19-3-5-21(24)6-4-19)10-7-22(28)26-11-8-25-9-12-26/h3-6,13-15,25H,7-12,16H2,1-2H3. The predicted octanol–water partition coefficient (Wildman–Crippen LogP) is 2.91. The fraction of sp³-hybridized carbons (Fsp3) is 0.391. The first kappa shape index (κ1) is 21.0. The highest BCUT2D eigenvalue weighted by molar-refractivity contribution is 5.95. The summed E-state index contributed by atoms with van der Waals surface area (Å²) in [5, 5.41) is 3.23. The maximum atomic E-state index is 13.3. The second kappa shape index (κ2) is 9.65. The highest BCUT2D eigenvalue weighted by Gasteiger charge is 2.21. The molecule has 29 heavy (non-hydrogen) atoms. The number of hydrogen-bond donors (Lipinski definition) is 1. The number of halogens is 1. The van der Waals surface area contributed by atoms with Crippen molar-refractivity contribution in [3.63, 3.8) is 0 Å². The summed E-state index contributed by atoms with van der Waals surface area (Å²) in [4.78, 5) is 29.3. The molecule has 5 nitrogen and oxygen atoms in total. The van der Waals surface area contributed by atoms with Crippen molar-refractivity contribution in [3.05, 3.63) is 70.5 Å². The molecule has 1 fully saturated rings. The van der Waals surface area contributed by atoms with Crippen molar-refractivity contribution >= 4 is 11.8 Å². The van der Waals surface area contributed by atoms with Gasteiger partial charge < -0.3 is 15.1 Å². The van der Waals surface area contributed by atoms with Gasteiger partial charge >= 0.3 is 0 Å². The van der Waals surface area contributed by atoms with Gasteiger partial charge in [0.05, 0.1) is 0 Å². The number of rotatable bonds is 6. The second-order valence-corrected chi connectivity index (χ2v) is 7.61. The first-order valence-electron chi connectivity index (χ1n) is 10.0. The highest BCUT2D eigenvalue weighted by Crippen LogP contribution is 2.15. The van der Waals surface area contributed by atoms with E-state index < -0.39 is 0 Å². The Morgan fingerprint density at radius 3 is 2.28 bits per heavy atom. The van der Waals surface area contributed by atoms with E-state index in [0.29, 0.717) is 31.7 Å². The Bertz CT molecular complexity index is 841. The van der Waals surface area contributed by atoms with Crippen molar-refractivity contribution in [2.24, 2.45) is 0 Å². The van der Waals surface area contributed by atoms with Gasteiger partial charge in [-0.3, -0.25) is 9.59 Å². The molecule has 2 aromatic carbocycles. The SMILES string of the molecule is Cc1cc(C)cc(C(=O)N(CCC(=O)N2CCNCC2)Cc2ccc(F)cc2)c1. The Kier molecular flexibility index (Phi) is 6.99. The van der Waals surface area contributed by atoms with E-state index in [0.717, 1.165) is 29.8 Å². The van der Waals surface area contributed by atoms with Crippen LogP contribution in [-0.4, -0.2) is 54.3 Å². The Labute approximate surface area is 171 Å². The average Bonchev–Trinajstić information content (AvgIpc) is 2.71. The Hall–Kier alpha value is -2.73. The fourth-order valence-electron chi connectivity index (χ4n) is 3.65. The van der Waals surface area contributed by atoms with Crippen molar-refractivity contribution < 1.29 is 14.0 Å². The first-order chi connectivity index (χ1) is 13.9. The Morgan fingerprint density at radius 2 is 1.66 bits per heavy atom. The maximum Gasteiger partial charge on any atom is 0.254 e. The van der Waals surface area contributed by atoms with E-state index in [9.17, 15) is 14.0 Å². The average molecular weight is 397 g/mol. The topological polar surface area (TPSA) is 52.7 Å². The van der Waals surface area contributed by atoms with Crippen molar-refractivity contribution in [2.75, 3.05) is 32.7 Å². The molecule has 0 aliphatic carbocycles. The Balaban J connectivity index is 1.75. The summed E-state index contributed by atoms with van der Waals surface area (Å²) in [6.45, 7) is 7.57. The molecule has 154 valence electrons. The summed E-state index contributed by atoms with van der Waals surface area (Å²) >= 11 is 0. The Morgan fingerprint density at radius 1 is 1.03 bits per heavy atom. The molecule has 1 heterocycles. The van der Waals surface area contributed by atoms with Gasteiger partial charge in [0, 0.05) is 51.3 Å².